The molecule has 1 fully saturated rings. The van der Waals surface area contributed by atoms with E-state index >= 15 is 0 Å². The Bertz CT molecular complexity index is 368. The summed E-state index contributed by atoms with van der Waals surface area (Å²) in [5.74, 6) is -1.30. The van der Waals surface area contributed by atoms with E-state index in [4.69, 9.17) is 5.11 Å². The molecule has 1 heterocycles. The summed E-state index contributed by atoms with van der Waals surface area (Å²) in [4.78, 5) is 12.8. The van der Waals surface area contributed by atoms with Gasteiger partial charge in [-0.15, -0.1) is 0 Å². The van der Waals surface area contributed by atoms with Crippen LogP contribution in [0.1, 0.15) is 13.8 Å². The van der Waals surface area contributed by atoms with Crippen LogP contribution >= 0.6 is 0 Å². The minimum Gasteiger partial charge on any atom is -0.480 e. The quantitative estimate of drug-likeness (QED) is 0.725. The highest BCUT2D eigenvalue weighted by atomic mass is 32.2. The highest BCUT2D eigenvalue weighted by Crippen LogP contribution is 2.15. The number of hydrogen-bond acceptors (Lipinski definition) is 4. The molecule has 1 saturated heterocycles. The van der Waals surface area contributed by atoms with Crippen molar-refractivity contribution in [3.63, 3.8) is 0 Å². The Balaban J connectivity index is 2.82. The number of carbonyl (C=O) groups is 1. The number of aliphatic carboxylic acids is 1. The van der Waals surface area contributed by atoms with E-state index in [9.17, 15) is 13.2 Å². The average molecular weight is 250 g/mol. The van der Waals surface area contributed by atoms with Crippen LogP contribution in [0.25, 0.3) is 0 Å². The number of carboxylic acid groups (broad SMARTS) is 1. The van der Waals surface area contributed by atoms with Crippen molar-refractivity contribution in [3.8, 4) is 0 Å². The molecular formula is C9H18N2O4S. The predicted octanol–water partition coefficient (Wildman–Crippen LogP) is -0.575. The fourth-order valence-corrected chi connectivity index (χ4v) is 3.06. The maximum absolute atomic E-state index is 11.9. The molecular weight excluding hydrogens is 232 g/mol. The summed E-state index contributed by atoms with van der Waals surface area (Å²) < 4.78 is 25.1. The molecule has 0 aromatic carbocycles. The first kappa shape index (κ1) is 13.4. The van der Waals surface area contributed by atoms with Crippen molar-refractivity contribution in [2.45, 2.75) is 25.1 Å². The number of nitrogens with zero attached hydrogens (tertiary/aromatic N) is 2. The Morgan fingerprint density at radius 1 is 1.44 bits per heavy atom. The van der Waals surface area contributed by atoms with E-state index in [1.54, 1.807) is 0 Å². The van der Waals surface area contributed by atoms with E-state index in [1.165, 1.54) is 11.2 Å². The van der Waals surface area contributed by atoms with E-state index in [2.05, 4.69) is 4.90 Å². The van der Waals surface area contributed by atoms with Crippen molar-refractivity contribution in [3.05, 3.63) is 0 Å². The van der Waals surface area contributed by atoms with Gasteiger partial charge in [0.15, 0.2) is 5.25 Å². The topological polar surface area (TPSA) is 77.9 Å². The van der Waals surface area contributed by atoms with Gasteiger partial charge in [-0.3, -0.25) is 4.79 Å². The second kappa shape index (κ2) is 4.68. The van der Waals surface area contributed by atoms with Gasteiger partial charge in [0.25, 0.3) is 0 Å². The Kier molecular flexibility index (Phi) is 3.92. The first-order valence-corrected chi connectivity index (χ1v) is 6.69. The van der Waals surface area contributed by atoms with Crippen LogP contribution < -0.4 is 0 Å². The number of piperazine rings is 1. The summed E-state index contributed by atoms with van der Waals surface area (Å²) in [5, 5.41) is 7.38. The first-order chi connectivity index (χ1) is 7.26. The van der Waals surface area contributed by atoms with E-state index < -0.39 is 21.2 Å². The van der Waals surface area contributed by atoms with Crippen LogP contribution in [0.4, 0.5) is 0 Å². The summed E-state index contributed by atoms with van der Waals surface area (Å²) in [6, 6.07) is 0.115. The van der Waals surface area contributed by atoms with Gasteiger partial charge in [-0.25, -0.2) is 8.42 Å². The molecule has 7 heteroatoms. The number of likely N-dealkylation sites (N-methyl/N-ethyl adjacent to an activating group) is 1. The lowest BCUT2D eigenvalue weighted by molar-refractivity contribution is -0.136. The van der Waals surface area contributed by atoms with Crippen molar-refractivity contribution in [1.29, 1.82) is 0 Å². The molecule has 0 bridgehead atoms. The smallest absolute Gasteiger partial charge is 0.323 e. The summed E-state index contributed by atoms with van der Waals surface area (Å²) in [6.45, 7) is 4.48. The van der Waals surface area contributed by atoms with Crippen molar-refractivity contribution in [2.75, 3.05) is 26.7 Å². The van der Waals surface area contributed by atoms with Crippen molar-refractivity contribution in [2.24, 2.45) is 0 Å². The molecule has 2 unspecified atom stereocenters. The number of carboxylic acids is 1. The highest BCUT2D eigenvalue weighted by molar-refractivity contribution is 7.90. The zero-order valence-corrected chi connectivity index (χ0v) is 10.6. The fraction of sp³-hybridized carbons (Fsp3) is 0.889. The lowest BCUT2D eigenvalue weighted by atomic mass is 10.2. The molecule has 0 amide bonds. The summed E-state index contributed by atoms with van der Waals surface area (Å²) in [5.41, 5.74) is 0. The second-order valence-corrected chi connectivity index (χ2v) is 6.47. The van der Waals surface area contributed by atoms with E-state index in [1.807, 2.05) is 14.0 Å². The van der Waals surface area contributed by atoms with Gasteiger partial charge in [0.1, 0.15) is 0 Å². The lowest BCUT2D eigenvalue weighted by Crippen LogP contribution is -2.54. The normalized spacial score (nSPS) is 26.6. The van der Waals surface area contributed by atoms with Crippen LogP contribution in [0.3, 0.4) is 0 Å². The third-order valence-electron chi connectivity index (χ3n) is 3.08. The summed E-state index contributed by atoms with van der Waals surface area (Å²) >= 11 is 0. The molecule has 1 rings (SSSR count). The molecule has 1 aliphatic heterocycles. The van der Waals surface area contributed by atoms with Crippen LogP contribution in [0.15, 0.2) is 0 Å². The maximum atomic E-state index is 11.9. The van der Waals surface area contributed by atoms with Crippen molar-refractivity contribution < 1.29 is 18.3 Å². The third-order valence-corrected chi connectivity index (χ3v) is 5.22. The standard InChI is InChI=1S/C9H18N2O4S/c1-7-6-11(5-4-10(7)3)16(14,15)8(2)9(12)13/h7-8H,4-6H2,1-3H3,(H,12,13). The van der Waals surface area contributed by atoms with Gasteiger partial charge in [0.05, 0.1) is 0 Å². The van der Waals surface area contributed by atoms with E-state index in [-0.39, 0.29) is 6.04 Å². The number of rotatable bonds is 3. The Morgan fingerprint density at radius 3 is 2.44 bits per heavy atom. The van der Waals surface area contributed by atoms with Gasteiger partial charge < -0.3 is 10.0 Å². The number of hydrogen-bond donors (Lipinski definition) is 1. The SMILES string of the molecule is CC1CN(S(=O)(=O)C(C)C(=O)O)CCN1C. The molecule has 94 valence electrons. The van der Waals surface area contributed by atoms with Crippen molar-refractivity contribution >= 4 is 16.0 Å². The largest absolute Gasteiger partial charge is 0.480 e. The fourth-order valence-electron chi connectivity index (χ4n) is 1.60. The molecule has 16 heavy (non-hydrogen) atoms. The summed E-state index contributed by atoms with van der Waals surface area (Å²) in [6.07, 6.45) is 0. The lowest BCUT2D eigenvalue weighted by Gasteiger charge is -2.37. The van der Waals surface area contributed by atoms with Crippen LogP contribution in [0.2, 0.25) is 0 Å². The molecule has 0 aliphatic carbocycles. The molecule has 0 aromatic heterocycles. The van der Waals surface area contributed by atoms with Crippen LogP contribution in [0.5, 0.6) is 0 Å². The van der Waals surface area contributed by atoms with E-state index in [0.29, 0.717) is 19.6 Å². The Hall–Kier alpha value is -0.660. The van der Waals surface area contributed by atoms with Gasteiger partial charge in [-0.2, -0.15) is 4.31 Å². The van der Waals surface area contributed by atoms with Gasteiger partial charge in [-0.05, 0) is 20.9 Å². The summed E-state index contributed by atoms with van der Waals surface area (Å²) in [7, 11) is -1.78. The predicted molar refractivity (Wildman–Crippen MR) is 59.7 cm³/mol. The van der Waals surface area contributed by atoms with Crippen LogP contribution in [0, 0.1) is 0 Å². The molecule has 2 atom stereocenters. The third kappa shape index (κ3) is 2.53. The van der Waals surface area contributed by atoms with Crippen LogP contribution in [-0.2, 0) is 14.8 Å². The molecule has 1 N–H and O–H groups in total. The highest BCUT2D eigenvalue weighted by Gasteiger charge is 2.36. The number of sulfonamides is 1. The Labute approximate surface area is 95.9 Å². The maximum Gasteiger partial charge on any atom is 0.323 e. The molecule has 6 nitrogen and oxygen atoms in total. The van der Waals surface area contributed by atoms with Gasteiger partial charge >= 0.3 is 5.97 Å². The zero-order valence-electron chi connectivity index (χ0n) is 9.75. The van der Waals surface area contributed by atoms with E-state index in [0.717, 1.165) is 0 Å². The average Bonchev–Trinajstić information content (AvgIpc) is 2.20. The molecule has 0 saturated carbocycles. The molecule has 1 aliphatic rings. The minimum absolute atomic E-state index is 0.115. The van der Waals surface area contributed by atoms with Gasteiger partial charge in [-0.1, -0.05) is 0 Å². The second-order valence-electron chi connectivity index (χ2n) is 4.21. The minimum atomic E-state index is -3.71. The van der Waals surface area contributed by atoms with Gasteiger partial charge in [0, 0.05) is 25.7 Å². The molecule has 0 radical (unpaired) electrons. The van der Waals surface area contributed by atoms with Crippen molar-refractivity contribution in [1.82, 2.24) is 9.21 Å². The van der Waals surface area contributed by atoms with Gasteiger partial charge in [0.2, 0.25) is 10.0 Å². The molecule has 0 spiro atoms. The van der Waals surface area contributed by atoms with Crippen LogP contribution in [-0.4, -0.2) is 66.7 Å². The first-order valence-electron chi connectivity index (χ1n) is 5.19. The monoisotopic (exact) mass is 250 g/mol. The Morgan fingerprint density at radius 2 is 2.00 bits per heavy atom. The molecule has 0 aromatic rings. The zero-order chi connectivity index (χ0) is 12.5.